The van der Waals surface area contributed by atoms with Crippen LogP contribution in [0.5, 0.6) is 0 Å². The number of hydrogen-bond acceptors (Lipinski definition) is 4. The second-order valence-corrected chi connectivity index (χ2v) is 5.75. The normalized spacial score (nSPS) is 19.4. The molecule has 1 amide bonds. The molecule has 5 nitrogen and oxygen atoms in total. The van der Waals surface area contributed by atoms with Crippen LogP contribution in [0.4, 0.5) is 0 Å². The first-order chi connectivity index (χ1) is 9.09. The zero-order valence-corrected chi connectivity index (χ0v) is 11.5. The molecule has 2 heterocycles. The van der Waals surface area contributed by atoms with Crippen molar-refractivity contribution in [2.45, 2.75) is 19.2 Å². The van der Waals surface area contributed by atoms with Gasteiger partial charge >= 0.3 is 0 Å². The molecule has 0 N–H and O–H groups in total. The van der Waals surface area contributed by atoms with Crippen molar-refractivity contribution in [1.29, 1.82) is 0 Å². The molecule has 0 bridgehead atoms. The predicted octanol–water partition coefficient (Wildman–Crippen LogP) is 1.26. The van der Waals surface area contributed by atoms with Crippen LogP contribution in [0.2, 0.25) is 0 Å². The summed E-state index contributed by atoms with van der Waals surface area (Å²) in [4.78, 5) is 28.9. The number of nitrogens with zero attached hydrogens (tertiary/aromatic N) is 3. The van der Waals surface area contributed by atoms with Crippen molar-refractivity contribution < 1.29 is 4.79 Å². The Morgan fingerprint density at radius 2 is 2.05 bits per heavy atom. The maximum absolute atomic E-state index is 12.5. The van der Waals surface area contributed by atoms with Crippen molar-refractivity contribution in [2.75, 3.05) is 10.8 Å². The molecule has 1 unspecified atom stereocenters. The number of fused-ring (bicyclic) bond motifs is 1. The fourth-order valence-corrected chi connectivity index (χ4v) is 3.16. The average Bonchev–Trinajstić information content (AvgIpc) is 2.71. The lowest BCUT2D eigenvalue weighted by molar-refractivity contribution is -0.117. The lowest BCUT2D eigenvalue weighted by atomic mass is 10.2. The van der Waals surface area contributed by atoms with Crippen molar-refractivity contribution in [3.8, 4) is 0 Å². The van der Waals surface area contributed by atoms with E-state index in [1.165, 1.54) is 21.4 Å². The van der Waals surface area contributed by atoms with Gasteiger partial charge in [-0.25, -0.2) is 9.99 Å². The van der Waals surface area contributed by atoms with Crippen LogP contribution in [0.25, 0.3) is 10.9 Å². The molecule has 3 rings (SSSR count). The number of hydrogen-bond donors (Lipinski definition) is 0. The van der Waals surface area contributed by atoms with E-state index in [2.05, 4.69) is 4.98 Å². The Hall–Kier alpha value is -1.82. The molecule has 1 aliphatic heterocycles. The Morgan fingerprint density at radius 3 is 2.74 bits per heavy atom. The van der Waals surface area contributed by atoms with Gasteiger partial charge in [-0.05, 0) is 26.0 Å². The van der Waals surface area contributed by atoms with Gasteiger partial charge in [0, 0.05) is 0 Å². The summed E-state index contributed by atoms with van der Waals surface area (Å²) in [5.41, 5.74) is 0.471. The first-order valence-corrected chi connectivity index (χ1v) is 7.07. The quantitative estimate of drug-likeness (QED) is 0.786. The Morgan fingerprint density at radius 1 is 1.32 bits per heavy atom. The molecule has 1 aromatic heterocycles. The van der Waals surface area contributed by atoms with Crippen molar-refractivity contribution in [3.05, 3.63) is 40.4 Å². The van der Waals surface area contributed by atoms with Crippen molar-refractivity contribution in [2.24, 2.45) is 0 Å². The Kier molecular flexibility index (Phi) is 2.82. The van der Waals surface area contributed by atoms with Gasteiger partial charge in [0.05, 0.1) is 22.0 Å². The van der Waals surface area contributed by atoms with Gasteiger partial charge in [0.2, 0.25) is 0 Å². The minimum absolute atomic E-state index is 0.0492. The number of para-hydroxylation sites is 1. The average molecular weight is 275 g/mol. The van der Waals surface area contributed by atoms with Crippen LogP contribution in [-0.2, 0) is 4.79 Å². The number of rotatable bonds is 1. The van der Waals surface area contributed by atoms with E-state index in [0.717, 1.165) is 0 Å². The molecule has 1 aromatic carbocycles. The number of carbonyl (C=O) groups excluding carboxylic acids is 1. The van der Waals surface area contributed by atoms with Gasteiger partial charge in [-0.3, -0.25) is 9.59 Å². The van der Waals surface area contributed by atoms with E-state index >= 15 is 0 Å². The van der Waals surface area contributed by atoms with Crippen molar-refractivity contribution in [1.82, 2.24) is 9.66 Å². The molecular weight excluding hydrogens is 262 g/mol. The molecule has 98 valence electrons. The van der Waals surface area contributed by atoms with Crippen LogP contribution in [0.1, 0.15) is 12.7 Å². The SMILES string of the molecule is Cc1nc2ccccc2c(=O)n1N1C(=O)CSC1C. The first kappa shape index (κ1) is 12.2. The largest absolute Gasteiger partial charge is 0.280 e. The number of amides is 1. The van der Waals surface area contributed by atoms with Gasteiger partial charge in [-0.1, -0.05) is 12.1 Å². The van der Waals surface area contributed by atoms with E-state index in [0.29, 0.717) is 22.5 Å². The number of aryl methyl sites for hydroxylation is 1. The van der Waals surface area contributed by atoms with Crippen LogP contribution in [0.3, 0.4) is 0 Å². The molecular formula is C13H13N3O2S. The Bertz CT molecular complexity index is 725. The summed E-state index contributed by atoms with van der Waals surface area (Å²) in [5, 5.41) is 1.98. The van der Waals surface area contributed by atoms with Gasteiger partial charge in [0.1, 0.15) is 5.82 Å². The summed E-state index contributed by atoms with van der Waals surface area (Å²) < 4.78 is 1.40. The molecule has 6 heteroatoms. The summed E-state index contributed by atoms with van der Waals surface area (Å²) in [6, 6.07) is 7.18. The monoisotopic (exact) mass is 275 g/mol. The number of aromatic nitrogens is 2. The molecule has 1 atom stereocenters. The van der Waals surface area contributed by atoms with E-state index < -0.39 is 0 Å². The maximum atomic E-state index is 12.5. The number of carbonyl (C=O) groups is 1. The second-order valence-electron chi connectivity index (χ2n) is 4.44. The summed E-state index contributed by atoms with van der Waals surface area (Å²) in [6.07, 6.45) is 0. The van der Waals surface area contributed by atoms with Crippen molar-refractivity contribution >= 4 is 28.6 Å². The van der Waals surface area contributed by atoms with E-state index in [9.17, 15) is 9.59 Å². The molecule has 1 fully saturated rings. The topological polar surface area (TPSA) is 55.2 Å². The van der Waals surface area contributed by atoms with Gasteiger partial charge in [-0.15, -0.1) is 11.8 Å². The fraction of sp³-hybridized carbons (Fsp3) is 0.308. The zero-order chi connectivity index (χ0) is 13.6. The smallest absolute Gasteiger partial charge is 0.272 e. The molecule has 19 heavy (non-hydrogen) atoms. The van der Waals surface area contributed by atoms with E-state index in [1.807, 2.05) is 13.0 Å². The van der Waals surface area contributed by atoms with Crippen LogP contribution in [0.15, 0.2) is 29.1 Å². The van der Waals surface area contributed by atoms with Crippen LogP contribution >= 0.6 is 11.8 Å². The third-order valence-electron chi connectivity index (χ3n) is 3.18. The van der Waals surface area contributed by atoms with Gasteiger partial charge < -0.3 is 0 Å². The van der Waals surface area contributed by atoms with Gasteiger partial charge in [0.15, 0.2) is 0 Å². The van der Waals surface area contributed by atoms with Crippen molar-refractivity contribution in [3.63, 3.8) is 0 Å². The molecule has 0 radical (unpaired) electrons. The first-order valence-electron chi connectivity index (χ1n) is 6.02. The summed E-state index contributed by atoms with van der Waals surface area (Å²) in [7, 11) is 0. The lowest BCUT2D eigenvalue weighted by Crippen LogP contribution is -2.48. The predicted molar refractivity (Wildman–Crippen MR) is 75.9 cm³/mol. The van der Waals surface area contributed by atoms with E-state index in [-0.39, 0.29) is 16.8 Å². The highest BCUT2D eigenvalue weighted by Crippen LogP contribution is 2.23. The number of benzene rings is 1. The zero-order valence-electron chi connectivity index (χ0n) is 10.7. The molecule has 0 saturated carbocycles. The highest BCUT2D eigenvalue weighted by Gasteiger charge is 2.32. The Balaban J connectivity index is 2.30. The minimum Gasteiger partial charge on any atom is -0.272 e. The van der Waals surface area contributed by atoms with Gasteiger partial charge in [-0.2, -0.15) is 4.68 Å². The second kappa shape index (κ2) is 4.38. The standard InChI is InChI=1S/C13H13N3O2S/c1-8-14-11-6-4-3-5-10(11)13(18)15(8)16-9(2)19-7-12(16)17/h3-6,9H,7H2,1-2H3. The number of thioether (sulfide) groups is 1. The maximum Gasteiger partial charge on any atom is 0.280 e. The molecule has 0 spiro atoms. The summed E-state index contributed by atoms with van der Waals surface area (Å²) in [5.74, 6) is 0.881. The molecule has 1 saturated heterocycles. The fourth-order valence-electron chi connectivity index (χ4n) is 2.29. The highest BCUT2D eigenvalue weighted by atomic mass is 32.2. The van der Waals surface area contributed by atoms with Crippen LogP contribution < -0.4 is 10.6 Å². The van der Waals surface area contributed by atoms with E-state index in [1.54, 1.807) is 25.1 Å². The molecule has 0 aliphatic carbocycles. The molecule has 1 aliphatic rings. The lowest BCUT2D eigenvalue weighted by Gasteiger charge is -2.24. The molecule has 2 aromatic rings. The van der Waals surface area contributed by atoms with Crippen LogP contribution in [-0.4, -0.2) is 26.7 Å². The highest BCUT2D eigenvalue weighted by molar-refractivity contribution is 8.01. The minimum atomic E-state index is -0.189. The van der Waals surface area contributed by atoms with E-state index in [4.69, 9.17) is 0 Å². The van der Waals surface area contributed by atoms with Gasteiger partial charge in [0.25, 0.3) is 11.5 Å². The summed E-state index contributed by atoms with van der Waals surface area (Å²) >= 11 is 1.52. The third kappa shape index (κ3) is 1.83. The third-order valence-corrected chi connectivity index (χ3v) is 4.27. The summed E-state index contributed by atoms with van der Waals surface area (Å²) in [6.45, 7) is 3.66. The van der Waals surface area contributed by atoms with Crippen LogP contribution in [0, 0.1) is 6.92 Å². The Labute approximate surface area is 114 Å².